The van der Waals surface area contributed by atoms with Crippen LogP contribution in [0.2, 0.25) is 0 Å². The Labute approximate surface area is 114 Å². The topological polar surface area (TPSA) is 50.9 Å². The number of nitrogens with zero attached hydrogens (tertiary/aromatic N) is 1. The van der Waals surface area contributed by atoms with Gasteiger partial charge in [0.2, 0.25) is 0 Å². The van der Waals surface area contributed by atoms with E-state index in [0.717, 1.165) is 18.7 Å². The molecule has 3 N–H and O–H groups in total. The largest absolute Gasteiger partial charge is 0.271 e. The maximum atomic E-state index is 5.59. The first-order valence-corrected chi connectivity index (χ1v) is 6.93. The van der Waals surface area contributed by atoms with Crippen molar-refractivity contribution >= 4 is 43.2 Å². The first kappa shape index (κ1) is 12.2. The average molecular weight is 363 g/mol. The fourth-order valence-corrected chi connectivity index (χ4v) is 3.57. The van der Waals surface area contributed by atoms with E-state index in [1.807, 2.05) is 24.4 Å². The third-order valence-corrected chi connectivity index (χ3v) is 5.45. The summed E-state index contributed by atoms with van der Waals surface area (Å²) in [7, 11) is 0. The van der Waals surface area contributed by atoms with Crippen LogP contribution < -0.4 is 11.3 Å². The third kappa shape index (κ3) is 2.52. The van der Waals surface area contributed by atoms with Crippen molar-refractivity contribution in [3.05, 3.63) is 49.3 Å². The Morgan fingerprint density at radius 2 is 2.25 bits per heavy atom. The van der Waals surface area contributed by atoms with E-state index >= 15 is 0 Å². The average Bonchev–Trinajstić information content (AvgIpc) is 2.61. The number of pyridine rings is 1. The Balaban J connectivity index is 2.37. The van der Waals surface area contributed by atoms with Crippen molar-refractivity contribution in [3.63, 3.8) is 0 Å². The minimum atomic E-state index is -0.0266. The quantitative estimate of drug-likeness (QED) is 0.651. The number of rotatable bonds is 3. The molecule has 6 heteroatoms. The van der Waals surface area contributed by atoms with Gasteiger partial charge >= 0.3 is 0 Å². The van der Waals surface area contributed by atoms with Gasteiger partial charge in [0.15, 0.2) is 0 Å². The summed E-state index contributed by atoms with van der Waals surface area (Å²) in [4.78, 5) is 5.23. The first-order chi connectivity index (χ1) is 7.72. The molecular formula is C10H9Br2N3S. The Hall–Kier alpha value is -0.270. The number of hydrogen-bond acceptors (Lipinski definition) is 4. The second-order valence-corrected chi connectivity index (χ2v) is 6.41. The van der Waals surface area contributed by atoms with Crippen molar-refractivity contribution in [2.24, 2.45) is 5.84 Å². The van der Waals surface area contributed by atoms with Crippen LogP contribution in [0.1, 0.15) is 16.5 Å². The summed E-state index contributed by atoms with van der Waals surface area (Å²) in [6.07, 6.45) is 3.56. The summed E-state index contributed by atoms with van der Waals surface area (Å²) in [5.74, 6) is 5.59. The van der Waals surface area contributed by atoms with Gasteiger partial charge in [0.25, 0.3) is 0 Å². The highest BCUT2D eigenvalue weighted by Crippen LogP contribution is 2.37. The zero-order valence-electron chi connectivity index (χ0n) is 8.15. The van der Waals surface area contributed by atoms with E-state index in [9.17, 15) is 0 Å². The molecule has 1 atom stereocenters. The lowest BCUT2D eigenvalue weighted by atomic mass is 10.1. The molecule has 2 rings (SSSR count). The van der Waals surface area contributed by atoms with Crippen LogP contribution >= 0.6 is 43.2 Å². The summed E-state index contributed by atoms with van der Waals surface area (Å²) < 4.78 is 2.10. The maximum absolute atomic E-state index is 5.59. The lowest BCUT2D eigenvalue weighted by molar-refractivity contribution is 0.644. The van der Waals surface area contributed by atoms with Gasteiger partial charge in [-0.05, 0) is 49.6 Å². The highest BCUT2D eigenvalue weighted by molar-refractivity contribution is 9.13. The van der Waals surface area contributed by atoms with E-state index in [0.29, 0.717) is 0 Å². The number of thiophene rings is 1. The molecule has 0 aliphatic heterocycles. The van der Waals surface area contributed by atoms with Crippen LogP contribution in [0.5, 0.6) is 0 Å². The fraction of sp³-hybridized carbons (Fsp3) is 0.100. The molecular weight excluding hydrogens is 354 g/mol. The first-order valence-electron chi connectivity index (χ1n) is 4.53. The number of halogens is 2. The summed E-state index contributed by atoms with van der Waals surface area (Å²) in [6.45, 7) is 0. The fourth-order valence-electron chi connectivity index (χ4n) is 1.39. The highest BCUT2D eigenvalue weighted by atomic mass is 79.9. The van der Waals surface area contributed by atoms with Crippen LogP contribution in [0.15, 0.2) is 38.9 Å². The maximum Gasteiger partial charge on any atom is 0.0843 e. The molecule has 0 saturated carbocycles. The van der Waals surface area contributed by atoms with Crippen LogP contribution in [0.4, 0.5) is 0 Å². The van der Waals surface area contributed by atoms with E-state index in [1.54, 1.807) is 17.5 Å². The van der Waals surface area contributed by atoms with Gasteiger partial charge < -0.3 is 0 Å². The molecule has 0 aromatic carbocycles. The Kier molecular flexibility index (Phi) is 4.10. The normalized spacial score (nSPS) is 12.7. The number of aromatic nitrogens is 1. The van der Waals surface area contributed by atoms with Crippen molar-refractivity contribution in [2.45, 2.75) is 6.04 Å². The smallest absolute Gasteiger partial charge is 0.0843 e. The SMILES string of the molecule is NNC(c1cccnc1)c1cc(Br)c(Br)s1. The van der Waals surface area contributed by atoms with Crippen molar-refractivity contribution in [1.29, 1.82) is 0 Å². The van der Waals surface area contributed by atoms with E-state index in [4.69, 9.17) is 5.84 Å². The molecule has 0 radical (unpaired) electrons. The van der Waals surface area contributed by atoms with Crippen LogP contribution in [-0.4, -0.2) is 4.98 Å². The van der Waals surface area contributed by atoms with Crippen LogP contribution in [0, 0.1) is 0 Å². The molecule has 3 nitrogen and oxygen atoms in total. The Morgan fingerprint density at radius 1 is 1.44 bits per heavy atom. The highest BCUT2D eigenvalue weighted by Gasteiger charge is 2.16. The number of nitrogens with one attached hydrogen (secondary N) is 1. The van der Waals surface area contributed by atoms with Crippen molar-refractivity contribution < 1.29 is 0 Å². The van der Waals surface area contributed by atoms with E-state index < -0.39 is 0 Å². The molecule has 0 saturated heterocycles. The van der Waals surface area contributed by atoms with E-state index in [2.05, 4.69) is 42.3 Å². The van der Waals surface area contributed by atoms with Gasteiger partial charge in [-0.25, -0.2) is 5.43 Å². The molecule has 0 aliphatic rings. The predicted octanol–water partition coefficient (Wildman–Crippen LogP) is 3.22. The van der Waals surface area contributed by atoms with Crippen molar-refractivity contribution in [2.75, 3.05) is 0 Å². The molecule has 16 heavy (non-hydrogen) atoms. The van der Waals surface area contributed by atoms with Crippen molar-refractivity contribution in [3.8, 4) is 0 Å². The third-order valence-electron chi connectivity index (χ3n) is 2.13. The van der Waals surface area contributed by atoms with Crippen molar-refractivity contribution in [1.82, 2.24) is 10.4 Å². The summed E-state index contributed by atoms with van der Waals surface area (Å²) in [5, 5.41) is 0. The molecule has 0 fully saturated rings. The molecule has 0 amide bonds. The number of hydrogen-bond donors (Lipinski definition) is 2. The standard InChI is InChI=1S/C10H9Br2N3S/c11-7-4-8(16-10(7)12)9(15-13)6-2-1-3-14-5-6/h1-5,9,15H,13H2. The molecule has 2 aromatic rings. The zero-order valence-corrected chi connectivity index (χ0v) is 12.1. The Morgan fingerprint density at radius 3 is 2.75 bits per heavy atom. The van der Waals surface area contributed by atoms with Gasteiger partial charge in [0.05, 0.1) is 9.83 Å². The summed E-state index contributed by atoms with van der Waals surface area (Å²) in [6, 6.07) is 5.92. The number of nitrogens with two attached hydrogens (primary N) is 1. The minimum Gasteiger partial charge on any atom is -0.271 e. The van der Waals surface area contributed by atoms with Gasteiger partial charge in [-0.1, -0.05) is 6.07 Å². The summed E-state index contributed by atoms with van der Waals surface area (Å²) >= 11 is 8.58. The monoisotopic (exact) mass is 361 g/mol. The van der Waals surface area contributed by atoms with Crippen LogP contribution in [0.3, 0.4) is 0 Å². The molecule has 2 heterocycles. The predicted molar refractivity (Wildman–Crippen MR) is 73.1 cm³/mol. The lowest BCUT2D eigenvalue weighted by Gasteiger charge is -2.13. The Bertz CT molecular complexity index is 453. The van der Waals surface area contributed by atoms with Gasteiger partial charge in [-0.2, -0.15) is 0 Å². The molecule has 1 unspecified atom stereocenters. The lowest BCUT2D eigenvalue weighted by Crippen LogP contribution is -2.28. The number of hydrazine groups is 1. The van der Waals surface area contributed by atoms with E-state index in [1.165, 1.54) is 0 Å². The second kappa shape index (κ2) is 5.37. The van der Waals surface area contributed by atoms with Gasteiger partial charge in [-0.3, -0.25) is 10.8 Å². The molecule has 0 spiro atoms. The van der Waals surface area contributed by atoms with E-state index in [-0.39, 0.29) is 6.04 Å². The van der Waals surface area contributed by atoms with Crippen LogP contribution in [0.25, 0.3) is 0 Å². The molecule has 2 aromatic heterocycles. The summed E-state index contributed by atoms with van der Waals surface area (Å²) in [5.41, 5.74) is 3.85. The molecule has 0 bridgehead atoms. The van der Waals surface area contributed by atoms with Gasteiger partial charge in [0, 0.05) is 21.7 Å². The van der Waals surface area contributed by atoms with Gasteiger partial charge in [-0.15, -0.1) is 11.3 Å². The second-order valence-electron chi connectivity index (χ2n) is 3.16. The molecule has 0 aliphatic carbocycles. The van der Waals surface area contributed by atoms with Gasteiger partial charge in [0.1, 0.15) is 0 Å². The minimum absolute atomic E-state index is 0.0266. The molecule has 84 valence electrons. The zero-order chi connectivity index (χ0) is 11.5. The van der Waals surface area contributed by atoms with Crippen LogP contribution in [-0.2, 0) is 0 Å².